The third kappa shape index (κ3) is 4.98. The number of amides is 2. The van der Waals surface area contributed by atoms with Crippen LogP contribution in [-0.4, -0.2) is 36.3 Å². The molecule has 6 nitrogen and oxygen atoms in total. The third-order valence-corrected chi connectivity index (χ3v) is 5.80. The lowest BCUT2D eigenvalue weighted by atomic mass is 9.99. The summed E-state index contributed by atoms with van der Waals surface area (Å²) in [6, 6.07) is 34.3. The number of rotatable bonds is 2. The van der Waals surface area contributed by atoms with Crippen LogP contribution >= 0.6 is 0 Å². The zero-order valence-corrected chi connectivity index (χ0v) is 19.5. The first-order valence-corrected chi connectivity index (χ1v) is 11.7. The molecule has 176 valence electrons. The van der Waals surface area contributed by atoms with Crippen molar-refractivity contribution in [2.24, 2.45) is 9.98 Å². The van der Waals surface area contributed by atoms with Gasteiger partial charge in [-0.1, -0.05) is 97.1 Å². The van der Waals surface area contributed by atoms with E-state index in [0.717, 1.165) is 33.7 Å². The molecule has 0 aliphatic carbocycles. The number of aliphatic imine (C=N–C) groups is 2. The average Bonchev–Trinajstić information content (AvgIpc) is 2.92. The predicted molar refractivity (Wildman–Crippen MR) is 144 cm³/mol. The lowest BCUT2D eigenvalue weighted by Crippen LogP contribution is -2.30. The fourth-order valence-corrected chi connectivity index (χ4v) is 4.13. The Morgan fingerprint density at radius 1 is 0.472 bits per heavy atom. The van der Waals surface area contributed by atoms with Crippen molar-refractivity contribution < 1.29 is 9.59 Å². The Hall–Kier alpha value is -4.84. The molecule has 0 bridgehead atoms. The van der Waals surface area contributed by atoms with Crippen LogP contribution < -0.4 is 10.6 Å². The predicted octanol–water partition coefficient (Wildman–Crippen LogP) is 4.95. The van der Waals surface area contributed by atoms with Crippen molar-refractivity contribution in [2.45, 2.75) is 0 Å². The lowest BCUT2D eigenvalue weighted by molar-refractivity contribution is -0.133. The average molecular weight is 473 g/mol. The highest BCUT2D eigenvalue weighted by molar-refractivity contribution is 6.44. The van der Waals surface area contributed by atoms with E-state index < -0.39 is 11.8 Å². The molecule has 4 aromatic carbocycles. The molecule has 0 fully saturated rings. The van der Waals surface area contributed by atoms with Crippen molar-refractivity contribution in [3.05, 3.63) is 131 Å². The van der Waals surface area contributed by atoms with Crippen LogP contribution in [0, 0.1) is 0 Å². The molecule has 0 unspecified atom stereocenters. The van der Waals surface area contributed by atoms with Gasteiger partial charge in [0.15, 0.2) is 0 Å². The standard InChI is InChI=1S/C30H24N4O2/c35-29-30(36)34-26-18-10-8-16-24(26)28(22-13-5-2-6-14-22)32-20-19-31-27(21-11-3-1-4-12-21)23-15-7-9-17-25(23)33-29/h1-18H,19-20H2,(H,33,35)(H,34,36). The Balaban J connectivity index is 1.66. The van der Waals surface area contributed by atoms with Gasteiger partial charge >= 0.3 is 11.8 Å². The molecule has 6 heteroatoms. The number of carbonyl (C=O) groups excluding carboxylic acids is 2. The molecule has 5 rings (SSSR count). The Morgan fingerprint density at radius 3 is 1.25 bits per heavy atom. The molecule has 4 aromatic rings. The molecule has 0 saturated carbocycles. The molecule has 1 aliphatic heterocycles. The van der Waals surface area contributed by atoms with Crippen LogP contribution in [0.4, 0.5) is 11.4 Å². The Bertz CT molecular complexity index is 1350. The van der Waals surface area contributed by atoms with Gasteiger partial charge in [-0.2, -0.15) is 0 Å². The second kappa shape index (κ2) is 10.6. The summed E-state index contributed by atoms with van der Waals surface area (Å²) in [4.78, 5) is 35.7. The van der Waals surface area contributed by atoms with E-state index in [9.17, 15) is 9.59 Å². The number of nitrogens with zero attached hydrogens (tertiary/aromatic N) is 2. The van der Waals surface area contributed by atoms with Crippen LogP contribution in [0.25, 0.3) is 0 Å². The Morgan fingerprint density at radius 2 is 0.833 bits per heavy atom. The maximum atomic E-state index is 13.0. The van der Waals surface area contributed by atoms with E-state index in [0.29, 0.717) is 24.5 Å². The highest BCUT2D eigenvalue weighted by Crippen LogP contribution is 2.23. The maximum Gasteiger partial charge on any atom is 0.314 e. The SMILES string of the molecule is O=C1Nc2ccccc2C(c2ccccc2)=NCCN=C(c2ccccc2)c2ccccc2NC1=O. The molecule has 2 N–H and O–H groups in total. The fourth-order valence-electron chi connectivity index (χ4n) is 4.13. The minimum absolute atomic E-state index is 0.442. The minimum Gasteiger partial charge on any atom is -0.317 e. The van der Waals surface area contributed by atoms with Crippen LogP contribution in [0.5, 0.6) is 0 Å². The van der Waals surface area contributed by atoms with Gasteiger partial charge in [0.1, 0.15) is 0 Å². The van der Waals surface area contributed by atoms with Gasteiger partial charge < -0.3 is 10.6 Å². The van der Waals surface area contributed by atoms with Crippen molar-refractivity contribution in [1.29, 1.82) is 0 Å². The minimum atomic E-state index is -0.764. The molecule has 1 aliphatic rings. The molecule has 0 spiro atoms. The highest BCUT2D eigenvalue weighted by Gasteiger charge is 2.21. The summed E-state index contributed by atoms with van der Waals surface area (Å²) >= 11 is 0. The quantitative estimate of drug-likeness (QED) is 0.405. The van der Waals surface area contributed by atoms with Crippen molar-refractivity contribution in [1.82, 2.24) is 0 Å². The van der Waals surface area contributed by atoms with Gasteiger partial charge in [-0.05, 0) is 12.1 Å². The van der Waals surface area contributed by atoms with E-state index in [2.05, 4.69) is 10.6 Å². The Labute approximate surface area is 209 Å². The first-order chi connectivity index (χ1) is 17.7. The number of benzene rings is 4. The largest absolute Gasteiger partial charge is 0.317 e. The first-order valence-electron chi connectivity index (χ1n) is 11.7. The van der Waals surface area contributed by atoms with Gasteiger partial charge in [-0.15, -0.1) is 0 Å². The van der Waals surface area contributed by atoms with Gasteiger partial charge in [-0.25, -0.2) is 0 Å². The molecule has 0 aromatic heterocycles. The van der Waals surface area contributed by atoms with Crippen LogP contribution in [0.2, 0.25) is 0 Å². The number of fused-ring (bicyclic) bond motifs is 2. The molecule has 0 atom stereocenters. The maximum absolute atomic E-state index is 13.0. The zero-order valence-electron chi connectivity index (χ0n) is 19.5. The monoisotopic (exact) mass is 472 g/mol. The summed E-state index contributed by atoms with van der Waals surface area (Å²) in [7, 11) is 0. The normalized spacial score (nSPS) is 14.2. The van der Waals surface area contributed by atoms with Gasteiger partial charge in [0, 0.05) is 22.3 Å². The second-order valence-electron chi connectivity index (χ2n) is 8.19. The summed E-state index contributed by atoms with van der Waals surface area (Å²) in [6.45, 7) is 0.884. The summed E-state index contributed by atoms with van der Waals surface area (Å²) < 4.78 is 0. The molecule has 0 saturated heterocycles. The van der Waals surface area contributed by atoms with E-state index in [1.165, 1.54) is 0 Å². The molecule has 1 heterocycles. The van der Waals surface area contributed by atoms with E-state index in [1.807, 2.05) is 97.1 Å². The van der Waals surface area contributed by atoms with Crippen LogP contribution in [-0.2, 0) is 9.59 Å². The highest BCUT2D eigenvalue weighted by atomic mass is 16.2. The second-order valence-corrected chi connectivity index (χ2v) is 8.19. The van der Waals surface area contributed by atoms with Gasteiger partial charge in [0.05, 0.1) is 35.9 Å². The number of hydrogen-bond donors (Lipinski definition) is 2. The number of hydrogen-bond acceptors (Lipinski definition) is 4. The number of nitrogens with one attached hydrogen (secondary N) is 2. The van der Waals surface area contributed by atoms with Crippen LogP contribution in [0.3, 0.4) is 0 Å². The van der Waals surface area contributed by atoms with Gasteiger partial charge in [0.2, 0.25) is 0 Å². The summed E-state index contributed by atoms with van der Waals surface area (Å²) in [6.07, 6.45) is 0. The number of para-hydroxylation sites is 2. The first kappa shape index (κ1) is 22.9. The molecule has 36 heavy (non-hydrogen) atoms. The van der Waals surface area contributed by atoms with E-state index >= 15 is 0 Å². The number of anilines is 2. The van der Waals surface area contributed by atoms with Crippen LogP contribution in [0.15, 0.2) is 119 Å². The fraction of sp³-hybridized carbons (Fsp3) is 0.0667. The lowest BCUT2D eigenvalue weighted by Gasteiger charge is -2.16. The molecule has 2 amide bonds. The van der Waals surface area contributed by atoms with Crippen molar-refractivity contribution in [3.63, 3.8) is 0 Å². The number of carbonyl (C=O) groups is 2. The Kier molecular flexibility index (Phi) is 6.76. The van der Waals surface area contributed by atoms with Gasteiger partial charge in [0.25, 0.3) is 0 Å². The molecular weight excluding hydrogens is 448 g/mol. The molecule has 0 radical (unpaired) electrons. The van der Waals surface area contributed by atoms with E-state index in [1.54, 1.807) is 12.1 Å². The van der Waals surface area contributed by atoms with Gasteiger partial charge in [-0.3, -0.25) is 19.6 Å². The third-order valence-electron chi connectivity index (χ3n) is 5.80. The zero-order chi connectivity index (χ0) is 24.7. The summed E-state index contributed by atoms with van der Waals surface area (Å²) in [5.74, 6) is -1.53. The molecular formula is C30H24N4O2. The van der Waals surface area contributed by atoms with E-state index in [4.69, 9.17) is 9.98 Å². The summed E-state index contributed by atoms with van der Waals surface area (Å²) in [5, 5.41) is 5.55. The van der Waals surface area contributed by atoms with Crippen molar-refractivity contribution in [2.75, 3.05) is 23.7 Å². The van der Waals surface area contributed by atoms with Crippen molar-refractivity contribution in [3.8, 4) is 0 Å². The van der Waals surface area contributed by atoms with Crippen molar-refractivity contribution >= 4 is 34.6 Å². The van der Waals surface area contributed by atoms with E-state index in [-0.39, 0.29) is 0 Å². The van der Waals surface area contributed by atoms with Crippen LogP contribution in [0.1, 0.15) is 22.3 Å². The summed E-state index contributed by atoms with van der Waals surface area (Å²) in [5.41, 5.74) is 5.76. The smallest absolute Gasteiger partial charge is 0.314 e. The topological polar surface area (TPSA) is 82.9 Å².